The highest BCUT2D eigenvalue weighted by Gasteiger charge is 2.26. The molecule has 1 aromatic rings. The van der Waals surface area contributed by atoms with Gasteiger partial charge in [0.25, 0.3) is 0 Å². The summed E-state index contributed by atoms with van der Waals surface area (Å²) in [6.07, 6.45) is 0. The lowest BCUT2D eigenvalue weighted by Crippen LogP contribution is -2.41. The molecule has 0 unspecified atom stereocenters. The Morgan fingerprint density at radius 3 is 2.52 bits per heavy atom. The molecule has 1 heterocycles. The number of halogens is 3. The molecule has 6 nitrogen and oxygen atoms in total. The van der Waals surface area contributed by atoms with Gasteiger partial charge in [-0.05, 0) is 0 Å². The summed E-state index contributed by atoms with van der Waals surface area (Å²) in [4.78, 5) is 25.3. The molecule has 0 atom stereocenters. The number of amides is 1. The third kappa shape index (κ3) is 3.99. The Kier molecular flexibility index (Phi) is 5.56. The number of nitrogens with one attached hydrogen (secondary N) is 1. The summed E-state index contributed by atoms with van der Waals surface area (Å²) in [6, 6.07) is 0.544. The van der Waals surface area contributed by atoms with Crippen molar-refractivity contribution in [1.82, 2.24) is 4.90 Å². The predicted octanol–water partition coefficient (Wildman–Crippen LogP) is 1.16. The van der Waals surface area contributed by atoms with Gasteiger partial charge in [0.2, 0.25) is 5.91 Å². The second kappa shape index (κ2) is 7.42. The van der Waals surface area contributed by atoms with Crippen molar-refractivity contribution in [2.24, 2.45) is 0 Å². The van der Waals surface area contributed by atoms with E-state index in [0.29, 0.717) is 32.4 Å². The standard InChI is InChI=1S/C14H15F3N2O4/c1-22-14(21)11-9(6-8(15)12(16)13(11)17)18-10(20)7-19-2-4-23-5-3-19/h6H,2-5,7H2,1H3,(H,18,20). The largest absolute Gasteiger partial charge is 0.465 e. The Morgan fingerprint density at radius 2 is 1.91 bits per heavy atom. The van der Waals surface area contributed by atoms with E-state index in [1.165, 1.54) is 0 Å². The highest BCUT2D eigenvalue weighted by atomic mass is 19.2. The Hall–Kier alpha value is -2.13. The first-order valence-corrected chi connectivity index (χ1v) is 6.79. The summed E-state index contributed by atoms with van der Waals surface area (Å²) < 4.78 is 49.9. The van der Waals surface area contributed by atoms with Gasteiger partial charge >= 0.3 is 5.97 Å². The molecule has 0 spiro atoms. The van der Waals surface area contributed by atoms with E-state index in [-0.39, 0.29) is 6.54 Å². The lowest BCUT2D eigenvalue weighted by molar-refractivity contribution is -0.118. The fourth-order valence-electron chi connectivity index (χ4n) is 2.15. The molecule has 0 bridgehead atoms. The second-order valence-electron chi connectivity index (χ2n) is 4.84. The molecule has 23 heavy (non-hydrogen) atoms. The zero-order valence-electron chi connectivity index (χ0n) is 12.3. The molecular formula is C14H15F3N2O4. The molecule has 1 saturated heterocycles. The van der Waals surface area contributed by atoms with Crippen LogP contribution in [-0.4, -0.2) is 56.7 Å². The van der Waals surface area contributed by atoms with Crippen LogP contribution in [-0.2, 0) is 14.3 Å². The normalized spacial score (nSPS) is 15.3. The number of nitrogens with zero attached hydrogens (tertiary/aromatic N) is 1. The van der Waals surface area contributed by atoms with Crippen LogP contribution in [0, 0.1) is 17.5 Å². The second-order valence-corrected chi connectivity index (χ2v) is 4.84. The molecule has 0 radical (unpaired) electrons. The third-order valence-corrected chi connectivity index (χ3v) is 3.30. The molecule has 0 saturated carbocycles. The molecule has 1 aromatic carbocycles. The first-order valence-electron chi connectivity index (χ1n) is 6.79. The molecule has 0 aromatic heterocycles. The Balaban J connectivity index is 2.20. The van der Waals surface area contributed by atoms with Crippen LogP contribution in [0.3, 0.4) is 0 Å². The van der Waals surface area contributed by atoms with Gasteiger partial charge in [0.15, 0.2) is 17.5 Å². The van der Waals surface area contributed by atoms with Gasteiger partial charge in [-0.2, -0.15) is 0 Å². The van der Waals surface area contributed by atoms with Crippen LogP contribution in [0.1, 0.15) is 10.4 Å². The van der Waals surface area contributed by atoms with Gasteiger partial charge in [0.05, 0.1) is 32.6 Å². The number of carbonyl (C=O) groups is 2. The maximum atomic E-state index is 13.8. The zero-order valence-corrected chi connectivity index (χ0v) is 12.3. The minimum Gasteiger partial charge on any atom is -0.465 e. The molecule has 0 aliphatic carbocycles. The van der Waals surface area contributed by atoms with Gasteiger partial charge in [-0.25, -0.2) is 18.0 Å². The van der Waals surface area contributed by atoms with E-state index in [1.54, 1.807) is 4.90 Å². The molecule has 1 fully saturated rings. The minimum absolute atomic E-state index is 0.0510. The van der Waals surface area contributed by atoms with Crippen molar-refractivity contribution in [1.29, 1.82) is 0 Å². The van der Waals surface area contributed by atoms with Crippen LogP contribution in [0.25, 0.3) is 0 Å². The molecule has 1 N–H and O–H groups in total. The van der Waals surface area contributed by atoms with Crippen molar-refractivity contribution < 1.29 is 32.2 Å². The number of ether oxygens (including phenoxy) is 2. The van der Waals surface area contributed by atoms with Crippen molar-refractivity contribution in [3.8, 4) is 0 Å². The van der Waals surface area contributed by atoms with Crippen molar-refractivity contribution in [3.63, 3.8) is 0 Å². The summed E-state index contributed by atoms with van der Waals surface area (Å²) >= 11 is 0. The molecule has 1 amide bonds. The smallest absolute Gasteiger partial charge is 0.343 e. The summed E-state index contributed by atoms with van der Waals surface area (Å²) in [5.41, 5.74) is -1.34. The van der Waals surface area contributed by atoms with E-state index in [4.69, 9.17) is 4.74 Å². The molecule has 2 rings (SSSR count). The Morgan fingerprint density at radius 1 is 1.26 bits per heavy atom. The van der Waals surface area contributed by atoms with Gasteiger partial charge in [-0.1, -0.05) is 0 Å². The van der Waals surface area contributed by atoms with Crippen LogP contribution in [0.5, 0.6) is 0 Å². The van der Waals surface area contributed by atoms with Crippen molar-refractivity contribution in [3.05, 3.63) is 29.1 Å². The van der Waals surface area contributed by atoms with E-state index >= 15 is 0 Å². The Labute approximate surface area is 130 Å². The number of anilines is 1. The SMILES string of the molecule is COC(=O)c1c(NC(=O)CN2CCOCC2)cc(F)c(F)c1F. The highest BCUT2D eigenvalue weighted by molar-refractivity contribution is 6.02. The van der Waals surface area contributed by atoms with E-state index in [2.05, 4.69) is 10.1 Å². The molecule has 1 aliphatic rings. The number of hydrogen-bond donors (Lipinski definition) is 1. The number of benzene rings is 1. The van der Waals surface area contributed by atoms with E-state index in [9.17, 15) is 22.8 Å². The molecule has 9 heteroatoms. The molecular weight excluding hydrogens is 317 g/mol. The van der Waals surface area contributed by atoms with E-state index < -0.39 is 40.6 Å². The zero-order chi connectivity index (χ0) is 17.0. The summed E-state index contributed by atoms with van der Waals surface area (Å²) in [5.74, 6) is -6.85. The minimum atomic E-state index is -1.81. The van der Waals surface area contributed by atoms with Crippen LogP contribution in [0.4, 0.5) is 18.9 Å². The molecule has 126 valence electrons. The Bertz CT molecular complexity index is 619. The first kappa shape index (κ1) is 17.2. The van der Waals surface area contributed by atoms with E-state index in [1.807, 2.05) is 0 Å². The van der Waals surface area contributed by atoms with Crippen LogP contribution >= 0.6 is 0 Å². The maximum Gasteiger partial charge on any atom is 0.343 e. The lowest BCUT2D eigenvalue weighted by atomic mass is 10.1. The van der Waals surface area contributed by atoms with Gasteiger partial charge in [-0.15, -0.1) is 0 Å². The first-order chi connectivity index (χ1) is 10.9. The fourth-order valence-corrected chi connectivity index (χ4v) is 2.15. The average Bonchev–Trinajstić information content (AvgIpc) is 2.53. The van der Waals surface area contributed by atoms with Gasteiger partial charge < -0.3 is 14.8 Å². The lowest BCUT2D eigenvalue weighted by Gasteiger charge is -2.25. The summed E-state index contributed by atoms with van der Waals surface area (Å²) in [5, 5.41) is 2.21. The topological polar surface area (TPSA) is 67.9 Å². The quantitative estimate of drug-likeness (QED) is 0.662. The van der Waals surface area contributed by atoms with Gasteiger partial charge in [0.1, 0.15) is 5.56 Å². The van der Waals surface area contributed by atoms with Crippen LogP contribution in [0.15, 0.2) is 6.07 Å². The van der Waals surface area contributed by atoms with Gasteiger partial charge in [-0.3, -0.25) is 9.69 Å². The number of rotatable bonds is 4. The molecule has 1 aliphatic heterocycles. The van der Waals surface area contributed by atoms with Crippen LogP contribution in [0.2, 0.25) is 0 Å². The maximum absolute atomic E-state index is 13.8. The number of carbonyl (C=O) groups excluding carboxylic acids is 2. The van der Waals surface area contributed by atoms with Crippen molar-refractivity contribution in [2.75, 3.05) is 45.3 Å². The van der Waals surface area contributed by atoms with Gasteiger partial charge in [0, 0.05) is 19.2 Å². The number of hydrogen-bond acceptors (Lipinski definition) is 5. The third-order valence-electron chi connectivity index (χ3n) is 3.30. The summed E-state index contributed by atoms with van der Waals surface area (Å²) in [6.45, 7) is 1.96. The number of methoxy groups -OCH3 is 1. The predicted molar refractivity (Wildman–Crippen MR) is 73.5 cm³/mol. The average molecular weight is 332 g/mol. The van der Waals surface area contributed by atoms with Crippen LogP contribution < -0.4 is 5.32 Å². The number of esters is 1. The highest BCUT2D eigenvalue weighted by Crippen LogP contribution is 2.25. The van der Waals surface area contributed by atoms with Crippen molar-refractivity contribution in [2.45, 2.75) is 0 Å². The van der Waals surface area contributed by atoms with E-state index in [0.717, 1.165) is 7.11 Å². The number of morpholine rings is 1. The monoisotopic (exact) mass is 332 g/mol. The fraction of sp³-hybridized carbons (Fsp3) is 0.429. The summed E-state index contributed by atoms with van der Waals surface area (Å²) in [7, 11) is 0.961. The van der Waals surface area contributed by atoms with Crippen molar-refractivity contribution >= 4 is 17.6 Å².